The van der Waals surface area contributed by atoms with Crippen molar-refractivity contribution in [3.63, 3.8) is 0 Å². The fourth-order valence-corrected chi connectivity index (χ4v) is 2.60. The van der Waals surface area contributed by atoms with E-state index in [9.17, 15) is 5.11 Å². The Kier molecular flexibility index (Phi) is 2.58. The number of likely N-dealkylation sites (tertiary alicyclic amines) is 1. The molecule has 0 bridgehead atoms. The van der Waals surface area contributed by atoms with Crippen molar-refractivity contribution in [3.8, 4) is 0 Å². The summed E-state index contributed by atoms with van der Waals surface area (Å²) in [7, 11) is 0. The molecular weight excluding hydrogens is 178 g/mol. The smallest absolute Gasteiger partial charge is 0.0793 e. The average molecular weight is 199 g/mol. The third-order valence-corrected chi connectivity index (χ3v) is 3.68. The molecule has 0 spiro atoms. The van der Waals surface area contributed by atoms with Gasteiger partial charge in [0.2, 0.25) is 0 Å². The van der Waals surface area contributed by atoms with Crippen LogP contribution in [0.25, 0.3) is 0 Å². The van der Waals surface area contributed by atoms with Gasteiger partial charge in [-0.05, 0) is 24.7 Å². The van der Waals surface area contributed by atoms with Gasteiger partial charge < -0.3 is 10.2 Å². The molecule has 82 valence electrons. The number of hydrogen-bond acceptors (Lipinski definition) is 3. The van der Waals surface area contributed by atoms with Gasteiger partial charge in [0.15, 0.2) is 0 Å². The van der Waals surface area contributed by atoms with Crippen LogP contribution >= 0.6 is 0 Å². The number of hydrogen-bond donors (Lipinski definition) is 2. The lowest BCUT2D eigenvalue weighted by Gasteiger charge is -2.50. The normalized spacial score (nSPS) is 39.6. The molecule has 14 heavy (non-hydrogen) atoms. The summed E-state index contributed by atoms with van der Waals surface area (Å²) in [5.74, 6) is 1.39. The molecule has 0 atom stereocenters. The van der Waals surface area contributed by atoms with E-state index < -0.39 is 5.60 Å². The first-order valence-corrected chi connectivity index (χ1v) is 5.61. The Balaban J connectivity index is 1.72. The van der Waals surface area contributed by atoms with Crippen molar-refractivity contribution in [2.45, 2.75) is 38.4 Å². The summed E-state index contributed by atoms with van der Waals surface area (Å²) < 4.78 is 0. The number of aliphatic hydroxyl groups is 2. The number of nitrogens with zero attached hydrogens (tertiary/aromatic N) is 1. The molecule has 1 aliphatic carbocycles. The van der Waals surface area contributed by atoms with Gasteiger partial charge in [0.1, 0.15) is 0 Å². The van der Waals surface area contributed by atoms with E-state index in [2.05, 4.69) is 18.7 Å². The lowest BCUT2D eigenvalue weighted by atomic mass is 9.66. The van der Waals surface area contributed by atoms with Gasteiger partial charge in [0.25, 0.3) is 0 Å². The van der Waals surface area contributed by atoms with Gasteiger partial charge in [-0.25, -0.2) is 0 Å². The van der Waals surface area contributed by atoms with E-state index >= 15 is 0 Å². The highest BCUT2D eigenvalue weighted by atomic mass is 16.3. The molecule has 0 radical (unpaired) electrons. The van der Waals surface area contributed by atoms with Crippen LogP contribution in [0, 0.1) is 11.8 Å². The second-order valence-corrected chi connectivity index (χ2v) is 5.48. The van der Waals surface area contributed by atoms with Crippen molar-refractivity contribution in [1.29, 1.82) is 0 Å². The van der Waals surface area contributed by atoms with Crippen molar-refractivity contribution in [3.05, 3.63) is 0 Å². The van der Waals surface area contributed by atoms with Crippen molar-refractivity contribution < 1.29 is 10.2 Å². The molecular formula is C11H21NO2. The first-order chi connectivity index (χ1) is 6.48. The highest BCUT2D eigenvalue weighted by molar-refractivity contribution is 4.99. The van der Waals surface area contributed by atoms with Gasteiger partial charge in [-0.1, -0.05) is 13.8 Å². The summed E-state index contributed by atoms with van der Waals surface area (Å²) in [4.78, 5) is 2.14. The monoisotopic (exact) mass is 199 g/mol. The van der Waals surface area contributed by atoms with E-state index in [0.29, 0.717) is 11.8 Å². The molecule has 0 aromatic heterocycles. The zero-order chi connectivity index (χ0) is 10.3. The fraction of sp³-hybridized carbons (Fsp3) is 1.00. The van der Waals surface area contributed by atoms with Gasteiger partial charge >= 0.3 is 0 Å². The Morgan fingerprint density at radius 2 is 1.93 bits per heavy atom. The molecule has 1 heterocycles. The molecule has 0 aromatic rings. The molecule has 1 saturated heterocycles. The second kappa shape index (κ2) is 3.47. The van der Waals surface area contributed by atoms with Crippen molar-refractivity contribution in [2.75, 3.05) is 19.6 Å². The largest absolute Gasteiger partial charge is 0.390 e. The summed E-state index contributed by atoms with van der Waals surface area (Å²) >= 11 is 0. The summed E-state index contributed by atoms with van der Waals surface area (Å²) in [6, 6.07) is 0. The fourth-order valence-electron chi connectivity index (χ4n) is 2.60. The van der Waals surface area contributed by atoms with Crippen molar-refractivity contribution in [2.24, 2.45) is 11.8 Å². The minimum absolute atomic E-state index is 0.153. The van der Waals surface area contributed by atoms with Crippen LogP contribution in [0.4, 0.5) is 0 Å². The van der Waals surface area contributed by atoms with Crippen molar-refractivity contribution in [1.82, 2.24) is 4.90 Å². The minimum atomic E-state index is -0.449. The Morgan fingerprint density at radius 3 is 2.36 bits per heavy atom. The molecule has 0 aromatic carbocycles. The molecule has 0 amide bonds. The second-order valence-electron chi connectivity index (χ2n) is 5.48. The van der Waals surface area contributed by atoms with Crippen LogP contribution in [-0.2, 0) is 0 Å². The zero-order valence-corrected chi connectivity index (χ0v) is 9.11. The summed E-state index contributed by atoms with van der Waals surface area (Å²) in [6.07, 6.45) is 1.73. The van der Waals surface area contributed by atoms with Crippen LogP contribution in [0.2, 0.25) is 0 Å². The lowest BCUT2D eigenvalue weighted by molar-refractivity contribution is -0.128. The molecule has 2 fully saturated rings. The van der Waals surface area contributed by atoms with E-state index in [4.69, 9.17) is 5.11 Å². The van der Waals surface area contributed by atoms with Gasteiger partial charge in [-0.3, -0.25) is 4.90 Å². The molecule has 2 aliphatic rings. The van der Waals surface area contributed by atoms with Gasteiger partial charge in [-0.2, -0.15) is 0 Å². The lowest BCUT2D eigenvalue weighted by Crippen LogP contribution is -2.60. The van der Waals surface area contributed by atoms with E-state index in [1.807, 2.05) is 0 Å². The average Bonchev–Trinajstić information content (AvgIpc) is 1.96. The van der Waals surface area contributed by atoms with Gasteiger partial charge in [0, 0.05) is 19.6 Å². The summed E-state index contributed by atoms with van der Waals surface area (Å²) in [5, 5.41) is 19.3. The Hall–Kier alpha value is -0.120. The molecule has 2 rings (SSSR count). The minimum Gasteiger partial charge on any atom is -0.390 e. The maximum atomic E-state index is 10.1. The first-order valence-electron chi connectivity index (χ1n) is 5.61. The van der Waals surface area contributed by atoms with E-state index in [1.165, 1.54) is 0 Å². The topological polar surface area (TPSA) is 43.7 Å². The zero-order valence-electron chi connectivity index (χ0n) is 9.11. The van der Waals surface area contributed by atoms with Crippen molar-refractivity contribution >= 4 is 0 Å². The molecule has 3 nitrogen and oxygen atoms in total. The maximum absolute atomic E-state index is 10.1. The third kappa shape index (κ3) is 1.95. The summed E-state index contributed by atoms with van der Waals surface area (Å²) in [5.41, 5.74) is -0.449. The molecule has 0 unspecified atom stereocenters. The van der Waals surface area contributed by atoms with Crippen LogP contribution < -0.4 is 0 Å². The van der Waals surface area contributed by atoms with Gasteiger partial charge in [-0.15, -0.1) is 0 Å². The van der Waals surface area contributed by atoms with E-state index in [1.54, 1.807) is 0 Å². The van der Waals surface area contributed by atoms with Crippen LogP contribution in [0.1, 0.15) is 26.7 Å². The predicted molar refractivity (Wildman–Crippen MR) is 55.0 cm³/mol. The van der Waals surface area contributed by atoms with Crippen LogP contribution in [0.5, 0.6) is 0 Å². The molecule has 3 heteroatoms. The van der Waals surface area contributed by atoms with Crippen LogP contribution in [0.3, 0.4) is 0 Å². The Morgan fingerprint density at radius 1 is 1.36 bits per heavy atom. The molecule has 1 aliphatic heterocycles. The quantitative estimate of drug-likeness (QED) is 0.694. The number of aliphatic hydroxyl groups excluding tert-OH is 1. The molecule has 2 N–H and O–H groups in total. The highest BCUT2D eigenvalue weighted by Crippen LogP contribution is 2.42. The van der Waals surface area contributed by atoms with E-state index in [-0.39, 0.29) is 6.10 Å². The predicted octanol–water partition coefficient (Wildman–Crippen LogP) is 0.460. The Labute approximate surface area is 85.7 Å². The standard InChI is InChI=1S/C11H21NO2/c1-8(2)9-3-11(14,4-9)7-12-5-10(13)6-12/h8-10,13-14H,3-7H2,1-2H3/t9-,11+. The summed E-state index contributed by atoms with van der Waals surface area (Å²) in [6.45, 7) is 6.69. The SMILES string of the molecule is CC(C)[C@H]1C[C@](O)(CN2CC(O)C2)C1. The maximum Gasteiger partial charge on any atom is 0.0793 e. The van der Waals surface area contributed by atoms with Gasteiger partial charge in [0.05, 0.1) is 11.7 Å². The highest BCUT2D eigenvalue weighted by Gasteiger charge is 2.45. The van der Waals surface area contributed by atoms with Crippen LogP contribution in [0.15, 0.2) is 0 Å². The van der Waals surface area contributed by atoms with Crippen LogP contribution in [-0.4, -0.2) is 46.5 Å². The van der Waals surface area contributed by atoms with E-state index in [0.717, 1.165) is 32.5 Å². The molecule has 1 saturated carbocycles. The number of rotatable bonds is 3. The number of β-amino-alcohol motifs (C(OH)–C–C–N with tert-alkyl or cyclic N) is 2. The third-order valence-electron chi connectivity index (χ3n) is 3.68. The Bertz CT molecular complexity index is 205. The first kappa shape index (κ1) is 10.4.